The van der Waals surface area contributed by atoms with E-state index in [2.05, 4.69) is 20.6 Å². The van der Waals surface area contributed by atoms with Crippen LogP contribution in [0.15, 0.2) is 60.8 Å². The van der Waals surface area contributed by atoms with E-state index >= 15 is 0 Å². The average molecular weight is 364 g/mol. The first-order chi connectivity index (χ1) is 13.1. The summed E-state index contributed by atoms with van der Waals surface area (Å²) in [6.45, 7) is 4.63. The summed E-state index contributed by atoms with van der Waals surface area (Å²) in [6, 6.07) is 17.5. The lowest BCUT2D eigenvalue weighted by molar-refractivity contribution is 0.244. The maximum absolute atomic E-state index is 5.84. The van der Waals surface area contributed by atoms with Gasteiger partial charge in [-0.15, -0.1) is 0 Å². The Bertz CT molecular complexity index is 866. The number of aromatic nitrogens is 2. The van der Waals surface area contributed by atoms with E-state index in [0.717, 1.165) is 22.7 Å². The molecule has 0 bridgehead atoms. The number of rotatable bonds is 8. The number of benzene rings is 2. The Morgan fingerprint density at radius 3 is 2.52 bits per heavy atom. The molecule has 0 radical (unpaired) electrons. The van der Waals surface area contributed by atoms with Gasteiger partial charge >= 0.3 is 0 Å². The fourth-order valence-electron chi connectivity index (χ4n) is 2.50. The van der Waals surface area contributed by atoms with Crippen molar-refractivity contribution in [3.63, 3.8) is 0 Å². The van der Waals surface area contributed by atoms with Gasteiger partial charge in [-0.3, -0.25) is 0 Å². The van der Waals surface area contributed by atoms with Crippen LogP contribution in [-0.2, 0) is 6.54 Å². The highest BCUT2D eigenvalue weighted by Crippen LogP contribution is 2.27. The van der Waals surface area contributed by atoms with E-state index in [4.69, 9.17) is 9.47 Å². The molecule has 0 spiro atoms. The van der Waals surface area contributed by atoms with Crippen LogP contribution >= 0.6 is 0 Å². The van der Waals surface area contributed by atoms with Gasteiger partial charge in [-0.2, -0.15) is 4.98 Å². The lowest BCUT2D eigenvalue weighted by atomic mass is 10.2. The molecule has 3 rings (SSSR count). The van der Waals surface area contributed by atoms with E-state index < -0.39 is 0 Å². The molecule has 2 aromatic carbocycles. The van der Waals surface area contributed by atoms with Crippen LogP contribution in [0, 0.1) is 0 Å². The van der Waals surface area contributed by atoms with Gasteiger partial charge in [0.2, 0.25) is 5.95 Å². The van der Waals surface area contributed by atoms with Gasteiger partial charge < -0.3 is 20.1 Å². The Morgan fingerprint density at radius 2 is 1.78 bits per heavy atom. The van der Waals surface area contributed by atoms with Crippen molar-refractivity contribution in [1.29, 1.82) is 0 Å². The molecular weight excluding hydrogens is 340 g/mol. The van der Waals surface area contributed by atoms with Crippen LogP contribution < -0.4 is 20.1 Å². The van der Waals surface area contributed by atoms with Crippen LogP contribution in [0.25, 0.3) is 0 Å². The van der Waals surface area contributed by atoms with Crippen LogP contribution in [-0.4, -0.2) is 23.2 Å². The third kappa shape index (κ3) is 5.34. The average Bonchev–Trinajstić information content (AvgIpc) is 2.68. The number of hydrogen-bond donors (Lipinski definition) is 2. The maximum Gasteiger partial charge on any atom is 0.224 e. The van der Waals surface area contributed by atoms with Crippen molar-refractivity contribution in [3.05, 3.63) is 66.4 Å². The zero-order valence-corrected chi connectivity index (χ0v) is 15.8. The Balaban J connectivity index is 1.67. The molecule has 0 aliphatic heterocycles. The Kier molecular flexibility index (Phi) is 6.10. The first-order valence-electron chi connectivity index (χ1n) is 8.86. The molecule has 6 heteroatoms. The van der Waals surface area contributed by atoms with Crippen molar-refractivity contribution in [3.8, 4) is 11.5 Å². The number of methoxy groups -OCH3 is 1. The highest BCUT2D eigenvalue weighted by molar-refractivity contribution is 5.64. The summed E-state index contributed by atoms with van der Waals surface area (Å²) in [5, 5.41) is 6.54. The topological polar surface area (TPSA) is 68.3 Å². The summed E-state index contributed by atoms with van der Waals surface area (Å²) in [7, 11) is 1.66. The van der Waals surface area contributed by atoms with Gasteiger partial charge in [0.15, 0.2) is 0 Å². The van der Waals surface area contributed by atoms with Gasteiger partial charge in [-0.25, -0.2) is 4.98 Å². The van der Waals surface area contributed by atoms with Gasteiger partial charge in [0, 0.05) is 12.7 Å². The SMILES string of the molecule is COc1ccc(CNc2nccc(Nc3ccccc3OC(C)C)n2)cc1. The van der Waals surface area contributed by atoms with Crippen molar-refractivity contribution < 1.29 is 9.47 Å². The summed E-state index contributed by atoms with van der Waals surface area (Å²) in [4.78, 5) is 8.81. The molecule has 6 nitrogen and oxygen atoms in total. The second-order valence-corrected chi connectivity index (χ2v) is 6.25. The van der Waals surface area contributed by atoms with Crippen molar-refractivity contribution in [2.75, 3.05) is 17.7 Å². The van der Waals surface area contributed by atoms with Crippen LogP contribution in [0.4, 0.5) is 17.5 Å². The quantitative estimate of drug-likeness (QED) is 0.607. The maximum atomic E-state index is 5.84. The summed E-state index contributed by atoms with van der Waals surface area (Å²) >= 11 is 0. The molecule has 1 heterocycles. The molecule has 0 unspecified atom stereocenters. The molecule has 27 heavy (non-hydrogen) atoms. The fraction of sp³-hybridized carbons (Fsp3) is 0.238. The largest absolute Gasteiger partial charge is 0.497 e. The summed E-state index contributed by atoms with van der Waals surface area (Å²) in [5.74, 6) is 2.88. The molecule has 0 aliphatic carbocycles. The highest BCUT2D eigenvalue weighted by atomic mass is 16.5. The minimum Gasteiger partial charge on any atom is -0.497 e. The normalized spacial score (nSPS) is 10.5. The predicted octanol–water partition coefficient (Wildman–Crippen LogP) is 4.63. The number of anilines is 3. The van der Waals surface area contributed by atoms with Crippen LogP contribution in [0.1, 0.15) is 19.4 Å². The van der Waals surface area contributed by atoms with Gasteiger partial charge in [0.1, 0.15) is 17.3 Å². The first kappa shape index (κ1) is 18.5. The molecule has 140 valence electrons. The number of nitrogens with one attached hydrogen (secondary N) is 2. The predicted molar refractivity (Wildman–Crippen MR) is 108 cm³/mol. The first-order valence-corrected chi connectivity index (χ1v) is 8.86. The van der Waals surface area contributed by atoms with Crippen LogP contribution in [0.5, 0.6) is 11.5 Å². The number of para-hydroxylation sites is 2. The van der Waals surface area contributed by atoms with Gasteiger partial charge in [0.05, 0.1) is 18.9 Å². The summed E-state index contributed by atoms with van der Waals surface area (Å²) in [5.41, 5.74) is 1.99. The molecular formula is C21H24N4O2. The molecule has 1 aromatic heterocycles. The zero-order chi connectivity index (χ0) is 19.1. The van der Waals surface area contributed by atoms with E-state index in [1.165, 1.54) is 0 Å². The van der Waals surface area contributed by atoms with Crippen molar-refractivity contribution >= 4 is 17.5 Å². The molecule has 0 saturated heterocycles. The molecule has 2 N–H and O–H groups in total. The monoisotopic (exact) mass is 364 g/mol. The molecule has 0 atom stereocenters. The molecule has 3 aromatic rings. The van der Waals surface area contributed by atoms with E-state index in [0.29, 0.717) is 18.3 Å². The van der Waals surface area contributed by atoms with Gasteiger partial charge in [-0.1, -0.05) is 24.3 Å². The molecule has 0 saturated carbocycles. The molecule has 0 fully saturated rings. The number of hydrogen-bond acceptors (Lipinski definition) is 6. The zero-order valence-electron chi connectivity index (χ0n) is 15.8. The van der Waals surface area contributed by atoms with Crippen molar-refractivity contribution in [1.82, 2.24) is 9.97 Å². The van der Waals surface area contributed by atoms with E-state index in [1.807, 2.05) is 68.4 Å². The van der Waals surface area contributed by atoms with Crippen molar-refractivity contribution in [2.45, 2.75) is 26.5 Å². The minimum atomic E-state index is 0.0973. The van der Waals surface area contributed by atoms with E-state index in [-0.39, 0.29) is 6.10 Å². The minimum absolute atomic E-state index is 0.0973. The van der Waals surface area contributed by atoms with Crippen molar-refractivity contribution in [2.24, 2.45) is 0 Å². The second-order valence-electron chi connectivity index (χ2n) is 6.25. The molecule has 0 amide bonds. The Hall–Kier alpha value is -3.28. The third-order valence-electron chi connectivity index (χ3n) is 3.78. The fourth-order valence-corrected chi connectivity index (χ4v) is 2.50. The lowest BCUT2D eigenvalue weighted by Gasteiger charge is -2.15. The van der Waals surface area contributed by atoms with E-state index in [1.54, 1.807) is 13.3 Å². The van der Waals surface area contributed by atoms with Gasteiger partial charge in [-0.05, 0) is 49.7 Å². The Morgan fingerprint density at radius 1 is 1.00 bits per heavy atom. The Labute approximate surface area is 159 Å². The van der Waals surface area contributed by atoms with Crippen LogP contribution in [0.3, 0.4) is 0 Å². The number of nitrogens with zero attached hydrogens (tertiary/aromatic N) is 2. The van der Waals surface area contributed by atoms with Gasteiger partial charge in [0.25, 0.3) is 0 Å². The summed E-state index contributed by atoms with van der Waals surface area (Å²) < 4.78 is 11.0. The third-order valence-corrected chi connectivity index (χ3v) is 3.78. The standard InChI is InChI=1S/C21H24N4O2/c1-15(2)27-19-7-5-4-6-18(19)24-20-12-13-22-21(25-20)23-14-16-8-10-17(26-3)11-9-16/h4-13,15H,14H2,1-3H3,(H2,22,23,24,25). The second kappa shape index (κ2) is 8.89. The van der Waals surface area contributed by atoms with Crippen LogP contribution in [0.2, 0.25) is 0 Å². The molecule has 0 aliphatic rings. The summed E-state index contributed by atoms with van der Waals surface area (Å²) in [6.07, 6.45) is 1.82. The lowest BCUT2D eigenvalue weighted by Crippen LogP contribution is -2.08. The number of ether oxygens (including phenoxy) is 2. The smallest absolute Gasteiger partial charge is 0.224 e. The highest BCUT2D eigenvalue weighted by Gasteiger charge is 2.07. The van der Waals surface area contributed by atoms with E-state index in [9.17, 15) is 0 Å².